The zero-order chi connectivity index (χ0) is 15.7. The van der Waals surface area contributed by atoms with E-state index in [1.54, 1.807) is 30.3 Å². The van der Waals surface area contributed by atoms with E-state index in [1.807, 2.05) is 0 Å². The first kappa shape index (κ1) is 16.1. The summed E-state index contributed by atoms with van der Waals surface area (Å²) in [5.41, 5.74) is 0.990. The largest absolute Gasteiger partial charge is 0.508 e. The third-order valence-electron chi connectivity index (χ3n) is 2.26. The molecule has 2 rings (SSSR count). The van der Waals surface area contributed by atoms with Crippen LogP contribution >= 0.6 is 0 Å². The van der Waals surface area contributed by atoms with Crippen LogP contribution in [-0.2, 0) is 4.79 Å². The van der Waals surface area contributed by atoms with Gasteiger partial charge in [0.15, 0.2) is 0 Å². The van der Waals surface area contributed by atoms with Gasteiger partial charge < -0.3 is 9.84 Å². The molecule has 0 aliphatic carbocycles. The van der Waals surface area contributed by atoms with E-state index in [9.17, 15) is 14.4 Å². The molecule has 5 nitrogen and oxygen atoms in total. The van der Waals surface area contributed by atoms with Gasteiger partial charge in [0.05, 0.1) is 0 Å². The van der Waals surface area contributed by atoms with E-state index >= 15 is 0 Å². The average molecular weight is 286 g/mol. The van der Waals surface area contributed by atoms with Gasteiger partial charge in [-0.2, -0.15) is 0 Å². The highest BCUT2D eigenvalue weighted by Gasteiger charge is 1.97. The number of esters is 1. The molecule has 0 atom stereocenters. The molecule has 0 aliphatic heterocycles. The first-order chi connectivity index (χ1) is 10.0. The van der Waals surface area contributed by atoms with Gasteiger partial charge in [-0.15, -0.1) is 0 Å². The van der Waals surface area contributed by atoms with Gasteiger partial charge >= 0.3 is 5.97 Å². The fourth-order valence-electron chi connectivity index (χ4n) is 1.42. The normalized spacial score (nSPS) is 9.00. The molecule has 0 unspecified atom stereocenters. The lowest BCUT2D eigenvalue weighted by Gasteiger charge is -1.99. The van der Waals surface area contributed by atoms with Crippen molar-refractivity contribution in [1.29, 1.82) is 0 Å². The number of hydrogen-bond acceptors (Lipinski definition) is 5. The Bertz CT molecular complexity index is 634. The van der Waals surface area contributed by atoms with E-state index in [0.717, 1.165) is 0 Å². The molecule has 0 aliphatic rings. The number of aromatic hydroxyl groups is 1. The molecule has 0 bridgehead atoms. The van der Waals surface area contributed by atoms with Gasteiger partial charge in [0.2, 0.25) is 0 Å². The SMILES string of the molecule is CC(=O)Oc1cccc(C=O)c1.O=Cc1cccc(O)c1. The van der Waals surface area contributed by atoms with Crippen molar-refractivity contribution < 1.29 is 24.2 Å². The number of phenols is 1. The minimum Gasteiger partial charge on any atom is -0.508 e. The molecule has 2 aromatic rings. The maximum atomic E-state index is 10.5. The molecule has 0 fully saturated rings. The Balaban J connectivity index is 0.000000219. The predicted octanol–water partition coefficient (Wildman–Crippen LogP) is 2.63. The monoisotopic (exact) mass is 286 g/mol. The Kier molecular flexibility index (Phi) is 6.34. The van der Waals surface area contributed by atoms with Crippen LogP contribution in [0.3, 0.4) is 0 Å². The van der Waals surface area contributed by atoms with Crippen LogP contribution in [0, 0.1) is 0 Å². The Morgan fingerprint density at radius 1 is 1.00 bits per heavy atom. The number of rotatable bonds is 3. The van der Waals surface area contributed by atoms with Crippen molar-refractivity contribution in [2.24, 2.45) is 0 Å². The van der Waals surface area contributed by atoms with Crippen LogP contribution in [0.5, 0.6) is 11.5 Å². The maximum Gasteiger partial charge on any atom is 0.308 e. The van der Waals surface area contributed by atoms with Crippen molar-refractivity contribution in [2.75, 3.05) is 0 Å². The Morgan fingerprint density at radius 2 is 1.57 bits per heavy atom. The van der Waals surface area contributed by atoms with Gasteiger partial charge in [0, 0.05) is 18.1 Å². The van der Waals surface area contributed by atoms with Gasteiger partial charge in [-0.05, 0) is 24.3 Å². The second-order valence-corrected chi connectivity index (χ2v) is 4.00. The fourth-order valence-corrected chi connectivity index (χ4v) is 1.42. The lowest BCUT2D eigenvalue weighted by molar-refractivity contribution is -0.131. The van der Waals surface area contributed by atoms with Crippen LogP contribution in [-0.4, -0.2) is 23.6 Å². The number of carbonyl (C=O) groups is 3. The summed E-state index contributed by atoms with van der Waals surface area (Å²) < 4.78 is 4.76. The summed E-state index contributed by atoms with van der Waals surface area (Å²) in [4.78, 5) is 30.9. The number of ether oxygens (including phenoxy) is 1. The lowest BCUT2D eigenvalue weighted by Crippen LogP contribution is -2.01. The van der Waals surface area contributed by atoms with Crippen molar-refractivity contribution >= 4 is 18.5 Å². The second-order valence-electron chi connectivity index (χ2n) is 4.00. The lowest BCUT2D eigenvalue weighted by atomic mass is 10.2. The molecule has 0 spiro atoms. The third kappa shape index (κ3) is 6.15. The summed E-state index contributed by atoms with van der Waals surface area (Å²) in [7, 11) is 0. The highest BCUT2D eigenvalue weighted by atomic mass is 16.5. The molecule has 21 heavy (non-hydrogen) atoms. The minimum atomic E-state index is -0.391. The molecule has 0 saturated carbocycles. The quantitative estimate of drug-likeness (QED) is 0.533. The van der Waals surface area contributed by atoms with Gasteiger partial charge in [-0.3, -0.25) is 14.4 Å². The fraction of sp³-hybridized carbons (Fsp3) is 0.0625. The van der Waals surface area contributed by atoms with Crippen molar-refractivity contribution in [2.45, 2.75) is 6.92 Å². The number of aldehydes is 2. The van der Waals surface area contributed by atoms with E-state index in [1.165, 1.54) is 25.1 Å². The van der Waals surface area contributed by atoms with E-state index in [0.29, 0.717) is 29.4 Å². The van der Waals surface area contributed by atoms with Crippen LogP contribution in [0.4, 0.5) is 0 Å². The van der Waals surface area contributed by atoms with Crippen molar-refractivity contribution in [1.82, 2.24) is 0 Å². The topological polar surface area (TPSA) is 80.7 Å². The summed E-state index contributed by atoms with van der Waals surface area (Å²) in [6.45, 7) is 1.31. The molecular formula is C16H14O5. The first-order valence-corrected chi connectivity index (χ1v) is 6.03. The van der Waals surface area contributed by atoms with Gasteiger partial charge in [-0.25, -0.2) is 0 Å². The summed E-state index contributed by atoms with van der Waals surface area (Å²) in [5.74, 6) is 0.129. The summed E-state index contributed by atoms with van der Waals surface area (Å²) >= 11 is 0. The zero-order valence-corrected chi connectivity index (χ0v) is 11.4. The van der Waals surface area contributed by atoms with Gasteiger partial charge in [0.25, 0.3) is 0 Å². The summed E-state index contributed by atoms with van der Waals surface area (Å²) in [6, 6.07) is 12.6. The summed E-state index contributed by atoms with van der Waals surface area (Å²) in [6.07, 6.45) is 1.40. The van der Waals surface area contributed by atoms with Crippen LogP contribution in [0.1, 0.15) is 27.6 Å². The van der Waals surface area contributed by atoms with E-state index in [2.05, 4.69) is 0 Å². The molecule has 0 radical (unpaired) electrons. The predicted molar refractivity (Wildman–Crippen MR) is 76.6 cm³/mol. The molecule has 0 amide bonds. The van der Waals surface area contributed by atoms with Crippen LogP contribution in [0.2, 0.25) is 0 Å². The Labute approximate surface area is 121 Å². The minimum absolute atomic E-state index is 0.125. The molecule has 5 heteroatoms. The molecular weight excluding hydrogens is 272 g/mol. The molecule has 108 valence electrons. The van der Waals surface area contributed by atoms with Crippen LogP contribution in [0.25, 0.3) is 0 Å². The van der Waals surface area contributed by atoms with Crippen molar-refractivity contribution in [3.8, 4) is 11.5 Å². The number of benzene rings is 2. The number of phenolic OH excluding ortho intramolecular Hbond substituents is 1. The van der Waals surface area contributed by atoms with E-state index in [-0.39, 0.29) is 5.75 Å². The number of carbonyl (C=O) groups excluding carboxylic acids is 3. The first-order valence-electron chi connectivity index (χ1n) is 6.03. The number of hydrogen-bond donors (Lipinski definition) is 1. The molecule has 0 heterocycles. The smallest absolute Gasteiger partial charge is 0.308 e. The van der Waals surface area contributed by atoms with E-state index < -0.39 is 5.97 Å². The molecule has 2 aromatic carbocycles. The molecule has 0 saturated heterocycles. The van der Waals surface area contributed by atoms with Gasteiger partial charge in [0.1, 0.15) is 24.1 Å². The second kappa shape index (κ2) is 8.27. The zero-order valence-electron chi connectivity index (χ0n) is 11.4. The van der Waals surface area contributed by atoms with E-state index in [4.69, 9.17) is 9.84 Å². The van der Waals surface area contributed by atoms with Crippen molar-refractivity contribution in [3.05, 3.63) is 59.7 Å². The van der Waals surface area contributed by atoms with Gasteiger partial charge in [-0.1, -0.05) is 24.3 Å². The highest BCUT2D eigenvalue weighted by Crippen LogP contribution is 2.11. The Hall–Kier alpha value is -2.95. The Morgan fingerprint density at radius 3 is 2.05 bits per heavy atom. The van der Waals surface area contributed by atoms with Crippen molar-refractivity contribution in [3.63, 3.8) is 0 Å². The average Bonchev–Trinajstić information content (AvgIpc) is 2.47. The maximum absolute atomic E-state index is 10.5. The molecule has 1 N–H and O–H groups in total. The third-order valence-corrected chi connectivity index (χ3v) is 2.26. The highest BCUT2D eigenvalue weighted by molar-refractivity contribution is 5.76. The standard InChI is InChI=1S/C9H8O3.C7H6O2/c1-7(11)12-9-4-2-3-8(5-9)6-10;8-5-6-2-1-3-7(9)4-6/h2-6H,1H3;1-5,9H. The van der Waals surface area contributed by atoms with Crippen LogP contribution < -0.4 is 4.74 Å². The molecule has 0 aromatic heterocycles. The summed E-state index contributed by atoms with van der Waals surface area (Å²) in [5, 5.41) is 8.79. The van der Waals surface area contributed by atoms with Crippen LogP contribution in [0.15, 0.2) is 48.5 Å².